The molecular formula is C20H24N2O3S. The third kappa shape index (κ3) is 4.64. The van der Waals surface area contributed by atoms with E-state index in [0.29, 0.717) is 24.5 Å². The molecule has 0 saturated carbocycles. The molecule has 2 heterocycles. The van der Waals surface area contributed by atoms with Crippen molar-refractivity contribution in [3.05, 3.63) is 45.4 Å². The number of para-hydroxylation sites is 1. The van der Waals surface area contributed by atoms with Gasteiger partial charge in [0.15, 0.2) is 11.5 Å². The van der Waals surface area contributed by atoms with Gasteiger partial charge in [0, 0.05) is 23.2 Å². The highest BCUT2D eigenvalue weighted by Gasteiger charge is 2.19. The fraction of sp³-hybridized carbons (Fsp3) is 0.400. The van der Waals surface area contributed by atoms with Crippen LogP contribution in [0.2, 0.25) is 0 Å². The lowest BCUT2D eigenvalue weighted by atomic mass is 10.1. The quantitative estimate of drug-likeness (QED) is 0.717. The molecule has 0 unspecified atom stereocenters. The highest BCUT2D eigenvalue weighted by Crippen LogP contribution is 2.35. The van der Waals surface area contributed by atoms with Crippen LogP contribution in [0.5, 0.6) is 11.5 Å². The average Bonchev–Trinajstić information content (AvgIpc) is 3.06. The van der Waals surface area contributed by atoms with Crippen molar-refractivity contribution in [1.82, 2.24) is 10.3 Å². The van der Waals surface area contributed by atoms with E-state index in [1.807, 2.05) is 38.1 Å². The van der Waals surface area contributed by atoms with Crippen LogP contribution in [0, 0.1) is 6.92 Å². The number of thiazole rings is 1. The second-order valence-electron chi connectivity index (χ2n) is 6.16. The molecule has 3 rings (SSSR count). The number of hydrogen-bond acceptors (Lipinski definition) is 5. The van der Waals surface area contributed by atoms with E-state index in [1.165, 1.54) is 5.01 Å². The van der Waals surface area contributed by atoms with Gasteiger partial charge in [0.05, 0.1) is 17.2 Å². The molecule has 0 atom stereocenters. The van der Waals surface area contributed by atoms with E-state index in [4.69, 9.17) is 9.47 Å². The minimum absolute atomic E-state index is 0.0671. The molecule has 2 aromatic rings. The molecule has 26 heavy (non-hydrogen) atoms. The maximum Gasteiger partial charge on any atom is 0.250 e. The van der Waals surface area contributed by atoms with Crippen LogP contribution in [0.1, 0.15) is 36.0 Å². The molecule has 1 aliphatic rings. The van der Waals surface area contributed by atoms with Crippen molar-refractivity contribution in [2.45, 2.75) is 33.1 Å². The van der Waals surface area contributed by atoms with Gasteiger partial charge in [0.25, 0.3) is 5.91 Å². The average molecular weight is 372 g/mol. The number of nitrogens with one attached hydrogen (secondary N) is 1. The van der Waals surface area contributed by atoms with E-state index in [9.17, 15) is 4.79 Å². The second kappa shape index (κ2) is 8.85. The lowest BCUT2D eigenvalue weighted by Crippen LogP contribution is -2.29. The Morgan fingerprint density at radius 1 is 1.38 bits per heavy atom. The van der Waals surface area contributed by atoms with Crippen LogP contribution in [-0.4, -0.2) is 30.6 Å². The number of benzene rings is 1. The maximum atomic E-state index is 12.4. The fourth-order valence-corrected chi connectivity index (χ4v) is 3.63. The minimum Gasteiger partial charge on any atom is -0.490 e. The molecule has 138 valence electrons. The number of carbonyl (C=O) groups is 1. The standard InChI is InChI=1S/C20H24N2O3S/c1-3-24-17-8-6-7-15-11-16(12-25-19(15)17)20(23)21-10-5-4-9-18-22-14(2)13-26-18/h6-8,11,13H,3-5,9-10,12H2,1-2H3,(H,21,23). The van der Waals surface area contributed by atoms with Crippen LogP contribution in [0.3, 0.4) is 0 Å². The molecule has 6 heteroatoms. The fourth-order valence-electron chi connectivity index (χ4n) is 2.81. The van der Waals surface area contributed by atoms with Crippen molar-refractivity contribution < 1.29 is 14.3 Å². The number of aromatic nitrogens is 1. The Kier molecular flexibility index (Phi) is 6.28. The van der Waals surface area contributed by atoms with Gasteiger partial charge >= 0.3 is 0 Å². The first-order valence-corrected chi connectivity index (χ1v) is 9.83. The van der Waals surface area contributed by atoms with Crippen LogP contribution < -0.4 is 14.8 Å². The smallest absolute Gasteiger partial charge is 0.250 e. The van der Waals surface area contributed by atoms with Crippen LogP contribution >= 0.6 is 11.3 Å². The normalized spacial score (nSPS) is 12.8. The Bertz CT molecular complexity index is 798. The Hall–Kier alpha value is -2.34. The van der Waals surface area contributed by atoms with Crippen molar-refractivity contribution in [2.75, 3.05) is 19.8 Å². The van der Waals surface area contributed by atoms with Gasteiger partial charge in [-0.15, -0.1) is 11.3 Å². The molecular weight excluding hydrogens is 348 g/mol. The summed E-state index contributed by atoms with van der Waals surface area (Å²) in [4.78, 5) is 16.8. The third-order valence-corrected chi connectivity index (χ3v) is 5.10. The second-order valence-corrected chi connectivity index (χ2v) is 7.10. The van der Waals surface area contributed by atoms with E-state index in [0.717, 1.165) is 36.3 Å². The van der Waals surface area contributed by atoms with Crippen molar-refractivity contribution >= 4 is 23.3 Å². The van der Waals surface area contributed by atoms with Gasteiger partial charge in [-0.25, -0.2) is 4.98 Å². The number of aryl methyl sites for hydroxylation is 2. The number of unbranched alkanes of at least 4 members (excludes halogenated alkanes) is 1. The molecule has 1 aromatic carbocycles. The predicted molar refractivity (Wildman–Crippen MR) is 104 cm³/mol. The summed E-state index contributed by atoms with van der Waals surface area (Å²) in [5.74, 6) is 1.37. The first-order valence-electron chi connectivity index (χ1n) is 8.95. The summed E-state index contributed by atoms with van der Waals surface area (Å²) in [6, 6.07) is 5.72. The monoisotopic (exact) mass is 372 g/mol. The number of hydrogen-bond donors (Lipinski definition) is 1. The zero-order chi connectivity index (χ0) is 18.4. The van der Waals surface area contributed by atoms with Gasteiger partial charge in [-0.3, -0.25) is 4.79 Å². The lowest BCUT2D eigenvalue weighted by molar-refractivity contribution is -0.117. The third-order valence-electron chi connectivity index (χ3n) is 4.07. The van der Waals surface area contributed by atoms with Gasteiger partial charge in [-0.2, -0.15) is 0 Å². The maximum absolute atomic E-state index is 12.4. The molecule has 1 aromatic heterocycles. The largest absolute Gasteiger partial charge is 0.490 e. The number of fused-ring (bicyclic) bond motifs is 1. The van der Waals surface area contributed by atoms with Gasteiger partial charge in [-0.05, 0) is 45.3 Å². The molecule has 0 bridgehead atoms. The molecule has 0 aliphatic carbocycles. The van der Waals surface area contributed by atoms with Crippen LogP contribution in [-0.2, 0) is 11.2 Å². The first kappa shape index (κ1) is 18.5. The van der Waals surface area contributed by atoms with E-state index < -0.39 is 0 Å². The van der Waals surface area contributed by atoms with Gasteiger partial charge in [-0.1, -0.05) is 12.1 Å². The van der Waals surface area contributed by atoms with Crippen molar-refractivity contribution in [3.63, 3.8) is 0 Å². The summed E-state index contributed by atoms with van der Waals surface area (Å²) >= 11 is 1.70. The molecule has 5 nitrogen and oxygen atoms in total. The highest BCUT2D eigenvalue weighted by atomic mass is 32.1. The lowest BCUT2D eigenvalue weighted by Gasteiger charge is -2.20. The Labute approximate surface area is 158 Å². The number of rotatable bonds is 8. The van der Waals surface area contributed by atoms with Crippen LogP contribution in [0.25, 0.3) is 6.08 Å². The van der Waals surface area contributed by atoms with E-state index in [1.54, 1.807) is 11.3 Å². The molecule has 0 saturated heterocycles. The zero-order valence-electron chi connectivity index (χ0n) is 15.2. The summed E-state index contributed by atoms with van der Waals surface area (Å²) in [6.45, 7) is 5.45. The molecule has 1 N–H and O–H groups in total. The van der Waals surface area contributed by atoms with Crippen molar-refractivity contribution in [1.29, 1.82) is 0 Å². The minimum atomic E-state index is -0.0671. The summed E-state index contributed by atoms with van der Waals surface area (Å²) < 4.78 is 11.3. The number of ether oxygens (including phenoxy) is 2. The number of nitrogens with zero attached hydrogens (tertiary/aromatic N) is 1. The van der Waals surface area contributed by atoms with Crippen LogP contribution in [0.15, 0.2) is 29.2 Å². The molecule has 0 radical (unpaired) electrons. The summed E-state index contributed by atoms with van der Waals surface area (Å²) in [7, 11) is 0. The first-order chi connectivity index (χ1) is 12.7. The zero-order valence-corrected chi connectivity index (χ0v) is 16.0. The van der Waals surface area contributed by atoms with Crippen molar-refractivity contribution in [3.8, 4) is 11.5 Å². The summed E-state index contributed by atoms with van der Waals surface area (Å²) in [5.41, 5.74) is 2.60. The van der Waals surface area contributed by atoms with Gasteiger partial charge in [0.1, 0.15) is 6.61 Å². The van der Waals surface area contributed by atoms with Gasteiger partial charge in [0.2, 0.25) is 0 Å². The van der Waals surface area contributed by atoms with Crippen LogP contribution in [0.4, 0.5) is 0 Å². The molecule has 0 fully saturated rings. The van der Waals surface area contributed by atoms with Gasteiger partial charge < -0.3 is 14.8 Å². The van der Waals surface area contributed by atoms with E-state index in [-0.39, 0.29) is 12.5 Å². The Balaban J connectivity index is 1.48. The Morgan fingerprint density at radius 2 is 2.27 bits per heavy atom. The SMILES string of the molecule is CCOc1cccc2c1OCC(C(=O)NCCCCc1nc(C)cs1)=C2. The van der Waals surface area contributed by atoms with E-state index in [2.05, 4.69) is 15.7 Å². The summed E-state index contributed by atoms with van der Waals surface area (Å²) in [5, 5.41) is 6.22. The number of carbonyl (C=O) groups excluding carboxylic acids is 1. The highest BCUT2D eigenvalue weighted by molar-refractivity contribution is 7.09. The predicted octanol–water partition coefficient (Wildman–Crippen LogP) is 3.77. The van der Waals surface area contributed by atoms with E-state index >= 15 is 0 Å². The molecule has 0 spiro atoms. The van der Waals surface area contributed by atoms with Crippen molar-refractivity contribution in [2.24, 2.45) is 0 Å². The number of amides is 1. The Morgan fingerprint density at radius 3 is 3.04 bits per heavy atom. The molecule has 1 aliphatic heterocycles. The molecule has 1 amide bonds. The topological polar surface area (TPSA) is 60.5 Å². The summed E-state index contributed by atoms with van der Waals surface area (Å²) in [6.07, 6.45) is 4.80.